The van der Waals surface area contributed by atoms with Crippen LogP contribution < -0.4 is 5.73 Å². The van der Waals surface area contributed by atoms with E-state index in [1.54, 1.807) is 0 Å². The van der Waals surface area contributed by atoms with Crippen molar-refractivity contribution in [1.82, 2.24) is 0 Å². The molecule has 0 bridgehead atoms. The lowest BCUT2D eigenvalue weighted by Crippen LogP contribution is -2.04. The molecule has 0 unspecified atom stereocenters. The highest BCUT2D eigenvalue weighted by atomic mass is 19.1. The van der Waals surface area contributed by atoms with Crippen molar-refractivity contribution in [2.24, 2.45) is 0 Å². The molecule has 80 valence electrons. The van der Waals surface area contributed by atoms with E-state index in [-0.39, 0.29) is 12.2 Å². The van der Waals surface area contributed by atoms with E-state index in [1.807, 2.05) is 0 Å². The minimum atomic E-state index is -0.945. The molecular formula is C12H13F2N. The van der Waals surface area contributed by atoms with Crippen LogP contribution in [0.1, 0.15) is 28.7 Å². The lowest BCUT2D eigenvalue weighted by Gasteiger charge is -2.11. The quantitative estimate of drug-likeness (QED) is 0.652. The molecule has 2 aliphatic rings. The molecule has 0 radical (unpaired) electrons. The summed E-state index contributed by atoms with van der Waals surface area (Å²) in [6, 6.07) is 0. The number of nitrogen functional groups attached to an aromatic ring is 1. The molecule has 2 aliphatic carbocycles. The first-order valence-corrected chi connectivity index (χ1v) is 5.43. The van der Waals surface area contributed by atoms with E-state index >= 15 is 0 Å². The van der Waals surface area contributed by atoms with Gasteiger partial charge in [0.25, 0.3) is 0 Å². The summed E-state index contributed by atoms with van der Waals surface area (Å²) in [7, 11) is 0. The van der Waals surface area contributed by atoms with Gasteiger partial charge >= 0.3 is 0 Å². The van der Waals surface area contributed by atoms with Gasteiger partial charge in [0.05, 0.1) is 0 Å². The first kappa shape index (κ1) is 9.13. The monoisotopic (exact) mass is 209 g/mol. The van der Waals surface area contributed by atoms with Crippen LogP contribution in [0.3, 0.4) is 0 Å². The fourth-order valence-electron chi connectivity index (χ4n) is 2.90. The number of hydrogen-bond acceptors (Lipinski definition) is 1. The molecule has 0 saturated carbocycles. The van der Waals surface area contributed by atoms with Crippen molar-refractivity contribution in [1.29, 1.82) is 0 Å². The Balaban J connectivity index is 2.27. The number of anilines is 1. The zero-order chi connectivity index (χ0) is 10.6. The standard InChI is InChI=1S/C12H13F2N/c13-6-4-9-10(5-6)12(15)8-3-1-2-7(8)11(9)14/h6H,1-5,15H2/t6-/m1/s1. The third kappa shape index (κ3) is 1.12. The lowest BCUT2D eigenvalue weighted by molar-refractivity contribution is 0.347. The van der Waals surface area contributed by atoms with Gasteiger partial charge in [-0.25, -0.2) is 8.78 Å². The largest absolute Gasteiger partial charge is 0.398 e. The highest BCUT2D eigenvalue weighted by Crippen LogP contribution is 2.39. The predicted octanol–water partition coefficient (Wildman–Crippen LogP) is 2.33. The van der Waals surface area contributed by atoms with Gasteiger partial charge in [-0.1, -0.05) is 0 Å². The van der Waals surface area contributed by atoms with Crippen LogP contribution in [0.25, 0.3) is 0 Å². The summed E-state index contributed by atoms with van der Waals surface area (Å²) in [4.78, 5) is 0. The number of hydrogen-bond donors (Lipinski definition) is 1. The summed E-state index contributed by atoms with van der Waals surface area (Å²) in [6.07, 6.45) is 2.14. The van der Waals surface area contributed by atoms with Gasteiger partial charge in [-0.2, -0.15) is 0 Å². The van der Waals surface area contributed by atoms with Crippen LogP contribution in [-0.4, -0.2) is 6.17 Å². The number of fused-ring (bicyclic) bond motifs is 2. The van der Waals surface area contributed by atoms with Crippen molar-refractivity contribution in [2.45, 2.75) is 38.3 Å². The second-order valence-corrected chi connectivity index (χ2v) is 4.50. The molecule has 1 atom stereocenters. The van der Waals surface area contributed by atoms with Crippen molar-refractivity contribution >= 4 is 5.69 Å². The number of halogens is 2. The van der Waals surface area contributed by atoms with Gasteiger partial charge < -0.3 is 5.73 Å². The fourth-order valence-corrected chi connectivity index (χ4v) is 2.90. The van der Waals surface area contributed by atoms with Crippen LogP contribution in [0.5, 0.6) is 0 Å². The van der Waals surface area contributed by atoms with Gasteiger partial charge in [-0.15, -0.1) is 0 Å². The van der Waals surface area contributed by atoms with Gasteiger partial charge in [-0.3, -0.25) is 0 Å². The van der Waals surface area contributed by atoms with Crippen LogP contribution in [0.2, 0.25) is 0 Å². The van der Waals surface area contributed by atoms with Gasteiger partial charge in [-0.05, 0) is 41.5 Å². The van der Waals surface area contributed by atoms with Crippen molar-refractivity contribution in [3.63, 3.8) is 0 Å². The van der Waals surface area contributed by atoms with Crippen LogP contribution in [0.15, 0.2) is 0 Å². The van der Waals surface area contributed by atoms with E-state index in [1.165, 1.54) is 0 Å². The molecule has 2 N–H and O–H groups in total. The molecule has 0 fully saturated rings. The van der Waals surface area contributed by atoms with Crippen molar-refractivity contribution < 1.29 is 8.78 Å². The average molecular weight is 209 g/mol. The topological polar surface area (TPSA) is 26.0 Å². The minimum Gasteiger partial charge on any atom is -0.398 e. The van der Waals surface area contributed by atoms with Gasteiger partial charge in [0.15, 0.2) is 0 Å². The molecule has 0 saturated heterocycles. The number of benzene rings is 1. The molecule has 3 rings (SSSR count). The van der Waals surface area contributed by atoms with Crippen LogP contribution in [0, 0.1) is 5.82 Å². The second kappa shape index (κ2) is 2.94. The third-order valence-corrected chi connectivity index (χ3v) is 3.61. The third-order valence-electron chi connectivity index (χ3n) is 3.61. The second-order valence-electron chi connectivity index (χ2n) is 4.50. The molecule has 1 aromatic rings. The fraction of sp³-hybridized carbons (Fsp3) is 0.500. The van der Waals surface area contributed by atoms with Gasteiger partial charge in [0.2, 0.25) is 0 Å². The average Bonchev–Trinajstić information content (AvgIpc) is 2.79. The molecule has 1 nitrogen and oxygen atoms in total. The normalized spacial score (nSPS) is 22.9. The molecule has 0 heterocycles. The summed E-state index contributed by atoms with van der Waals surface area (Å²) in [5.74, 6) is -0.174. The summed E-state index contributed by atoms with van der Waals surface area (Å²) in [5.41, 5.74) is 9.62. The van der Waals surface area contributed by atoms with Crippen molar-refractivity contribution in [3.8, 4) is 0 Å². The van der Waals surface area contributed by atoms with E-state index in [0.29, 0.717) is 17.7 Å². The Hall–Kier alpha value is -1.12. The molecule has 0 aromatic heterocycles. The Bertz CT molecular complexity index is 401. The van der Waals surface area contributed by atoms with Crippen molar-refractivity contribution in [3.05, 3.63) is 28.1 Å². The SMILES string of the molecule is Nc1c2c(c(F)c3c1C[C@H](F)C3)CCC2. The van der Waals surface area contributed by atoms with Crippen LogP contribution >= 0.6 is 0 Å². The van der Waals surface area contributed by atoms with E-state index in [0.717, 1.165) is 36.0 Å². The first-order chi connectivity index (χ1) is 7.18. The van der Waals surface area contributed by atoms with E-state index in [4.69, 9.17) is 5.73 Å². The minimum absolute atomic E-state index is 0.174. The highest BCUT2D eigenvalue weighted by Gasteiger charge is 2.31. The summed E-state index contributed by atoms with van der Waals surface area (Å²) in [6.45, 7) is 0. The molecule has 3 heteroatoms. The molecular weight excluding hydrogens is 196 g/mol. The Morgan fingerprint density at radius 1 is 1.00 bits per heavy atom. The Kier molecular flexibility index (Phi) is 1.79. The van der Waals surface area contributed by atoms with Crippen LogP contribution in [0.4, 0.5) is 14.5 Å². The number of rotatable bonds is 0. The Morgan fingerprint density at radius 3 is 2.47 bits per heavy atom. The first-order valence-electron chi connectivity index (χ1n) is 5.43. The maximum absolute atomic E-state index is 14.0. The Morgan fingerprint density at radius 2 is 1.67 bits per heavy atom. The zero-order valence-corrected chi connectivity index (χ0v) is 8.45. The predicted molar refractivity (Wildman–Crippen MR) is 55.1 cm³/mol. The summed E-state index contributed by atoms with van der Waals surface area (Å²) < 4.78 is 27.2. The maximum Gasteiger partial charge on any atom is 0.130 e. The number of alkyl halides is 1. The lowest BCUT2D eigenvalue weighted by atomic mass is 9.98. The van der Waals surface area contributed by atoms with E-state index in [2.05, 4.69) is 0 Å². The maximum atomic E-state index is 14.0. The van der Waals surface area contributed by atoms with Crippen molar-refractivity contribution in [2.75, 3.05) is 5.73 Å². The summed E-state index contributed by atoms with van der Waals surface area (Å²) >= 11 is 0. The molecule has 0 amide bonds. The van der Waals surface area contributed by atoms with Crippen LogP contribution in [-0.2, 0) is 25.7 Å². The van der Waals surface area contributed by atoms with E-state index < -0.39 is 6.17 Å². The smallest absolute Gasteiger partial charge is 0.130 e. The molecule has 1 aromatic carbocycles. The zero-order valence-electron chi connectivity index (χ0n) is 8.45. The summed E-state index contributed by atoms with van der Waals surface area (Å²) in [5, 5.41) is 0. The Labute approximate surface area is 87.3 Å². The van der Waals surface area contributed by atoms with Gasteiger partial charge in [0, 0.05) is 18.5 Å². The highest BCUT2D eigenvalue weighted by molar-refractivity contribution is 5.64. The van der Waals surface area contributed by atoms with Gasteiger partial charge in [0.1, 0.15) is 12.0 Å². The molecule has 0 spiro atoms. The molecule has 15 heavy (non-hydrogen) atoms. The number of nitrogens with two attached hydrogens (primary N) is 1. The van der Waals surface area contributed by atoms with E-state index in [9.17, 15) is 8.78 Å². The molecule has 0 aliphatic heterocycles.